The molecule has 5 rings (SSSR count). The quantitative estimate of drug-likeness (QED) is 0.471. The fourth-order valence-electron chi connectivity index (χ4n) is 4.41. The minimum absolute atomic E-state index is 0.247. The SMILES string of the molecule is COc1ccccc1CNC(=O)C1(C)Cn2c(cc3ccsc32)C(=O)N1c1ccc(F)cc1. The molecule has 0 radical (unpaired) electrons. The van der Waals surface area contributed by atoms with Crippen LogP contribution >= 0.6 is 11.3 Å². The highest BCUT2D eigenvalue weighted by Crippen LogP contribution is 2.37. The van der Waals surface area contributed by atoms with Crippen molar-refractivity contribution in [3.8, 4) is 5.75 Å². The van der Waals surface area contributed by atoms with Gasteiger partial charge in [0.2, 0.25) is 5.91 Å². The van der Waals surface area contributed by atoms with Crippen molar-refractivity contribution < 1.29 is 18.7 Å². The van der Waals surface area contributed by atoms with Gasteiger partial charge in [-0.2, -0.15) is 0 Å². The Balaban J connectivity index is 1.55. The summed E-state index contributed by atoms with van der Waals surface area (Å²) in [5.74, 6) is -0.346. The standard InChI is InChI=1S/C25H22FN3O3S/c1-25(24(31)27-14-17-5-3-4-6-21(17)32-2)15-28-20(13-16-11-12-33-23(16)28)22(30)29(25)19-9-7-18(26)8-10-19/h3-13H,14-15H2,1-2H3,(H,27,31). The molecule has 6 nitrogen and oxygen atoms in total. The molecule has 0 fully saturated rings. The van der Waals surface area contributed by atoms with Crippen LogP contribution in [0.1, 0.15) is 23.0 Å². The molecule has 1 aliphatic heterocycles. The number of carbonyl (C=O) groups excluding carboxylic acids is 2. The van der Waals surface area contributed by atoms with Crippen LogP contribution in [0.3, 0.4) is 0 Å². The molecule has 8 heteroatoms. The number of thiophene rings is 1. The zero-order valence-electron chi connectivity index (χ0n) is 18.2. The molecule has 2 amide bonds. The lowest BCUT2D eigenvalue weighted by Gasteiger charge is -2.44. The summed E-state index contributed by atoms with van der Waals surface area (Å²) in [4.78, 5) is 29.8. The van der Waals surface area contributed by atoms with Crippen molar-refractivity contribution in [2.45, 2.75) is 25.6 Å². The van der Waals surface area contributed by atoms with Gasteiger partial charge in [0.1, 0.15) is 27.6 Å². The first-order valence-electron chi connectivity index (χ1n) is 10.5. The fourth-order valence-corrected chi connectivity index (χ4v) is 5.30. The highest BCUT2D eigenvalue weighted by molar-refractivity contribution is 7.16. The maximum Gasteiger partial charge on any atom is 0.275 e. The number of fused-ring (bicyclic) bond motifs is 3. The zero-order chi connectivity index (χ0) is 23.2. The van der Waals surface area contributed by atoms with E-state index in [4.69, 9.17) is 4.74 Å². The number of anilines is 1. The largest absolute Gasteiger partial charge is 0.496 e. The summed E-state index contributed by atoms with van der Waals surface area (Å²) in [7, 11) is 1.58. The van der Waals surface area contributed by atoms with Crippen molar-refractivity contribution in [2.24, 2.45) is 0 Å². The second kappa shape index (κ2) is 8.04. The lowest BCUT2D eigenvalue weighted by molar-refractivity contribution is -0.126. The van der Waals surface area contributed by atoms with Gasteiger partial charge in [0.05, 0.1) is 13.7 Å². The molecule has 3 heterocycles. The molecule has 0 aliphatic carbocycles. The molecule has 1 unspecified atom stereocenters. The fraction of sp³-hybridized carbons (Fsp3) is 0.200. The van der Waals surface area contributed by atoms with E-state index in [1.165, 1.54) is 40.5 Å². The summed E-state index contributed by atoms with van der Waals surface area (Å²) < 4.78 is 20.9. The number of aromatic nitrogens is 1. The Morgan fingerprint density at radius 2 is 1.94 bits per heavy atom. The summed E-state index contributed by atoms with van der Waals surface area (Å²) in [5, 5.41) is 5.91. The summed E-state index contributed by atoms with van der Waals surface area (Å²) in [6.45, 7) is 2.26. The lowest BCUT2D eigenvalue weighted by Crippen LogP contribution is -2.64. The highest BCUT2D eigenvalue weighted by Gasteiger charge is 2.48. The number of amides is 2. The van der Waals surface area contributed by atoms with E-state index in [2.05, 4.69) is 5.32 Å². The molecule has 2 aromatic heterocycles. The number of carbonyl (C=O) groups is 2. The number of nitrogens with zero attached hydrogens (tertiary/aromatic N) is 2. The van der Waals surface area contributed by atoms with Crippen molar-refractivity contribution in [2.75, 3.05) is 12.0 Å². The molecule has 0 spiro atoms. The maximum absolute atomic E-state index is 13.7. The predicted octanol–water partition coefficient (Wildman–Crippen LogP) is 4.59. The first-order chi connectivity index (χ1) is 15.9. The molecule has 168 valence electrons. The van der Waals surface area contributed by atoms with E-state index in [1.807, 2.05) is 46.3 Å². The van der Waals surface area contributed by atoms with Crippen molar-refractivity contribution in [1.29, 1.82) is 0 Å². The number of benzene rings is 2. The van der Waals surface area contributed by atoms with Gasteiger partial charge in [0.15, 0.2) is 0 Å². The number of hydrogen-bond donors (Lipinski definition) is 1. The van der Waals surface area contributed by atoms with Gasteiger partial charge in [-0.3, -0.25) is 14.5 Å². The van der Waals surface area contributed by atoms with Crippen molar-refractivity contribution >= 4 is 39.1 Å². The van der Waals surface area contributed by atoms with E-state index >= 15 is 0 Å². The number of halogens is 1. The Kier molecular flexibility index (Phi) is 5.17. The Labute approximate surface area is 194 Å². The molecule has 1 atom stereocenters. The van der Waals surface area contributed by atoms with Gasteiger partial charge in [-0.15, -0.1) is 11.3 Å². The molecule has 1 N–H and O–H groups in total. The molecule has 4 aromatic rings. The van der Waals surface area contributed by atoms with Crippen LogP contribution in [0.25, 0.3) is 10.2 Å². The first-order valence-corrected chi connectivity index (χ1v) is 11.4. The number of nitrogens with one attached hydrogen (secondary N) is 1. The van der Waals surface area contributed by atoms with Gasteiger partial charge < -0.3 is 14.6 Å². The third-order valence-corrected chi connectivity index (χ3v) is 7.04. The number of rotatable bonds is 5. The predicted molar refractivity (Wildman–Crippen MR) is 126 cm³/mol. The van der Waals surface area contributed by atoms with Gasteiger partial charge in [-0.25, -0.2) is 4.39 Å². The van der Waals surface area contributed by atoms with Crippen LogP contribution in [-0.4, -0.2) is 29.0 Å². The first kappa shape index (κ1) is 21.2. The molecule has 0 bridgehead atoms. The second-order valence-corrected chi connectivity index (χ2v) is 9.08. The third kappa shape index (κ3) is 3.47. The number of hydrogen-bond acceptors (Lipinski definition) is 4. The summed E-state index contributed by atoms with van der Waals surface area (Å²) in [6.07, 6.45) is 0. The number of methoxy groups -OCH3 is 1. The molecule has 2 aromatic carbocycles. The normalized spacial score (nSPS) is 17.8. The van der Waals surface area contributed by atoms with Crippen LogP contribution < -0.4 is 15.0 Å². The monoisotopic (exact) mass is 463 g/mol. The van der Waals surface area contributed by atoms with Gasteiger partial charge in [0, 0.05) is 23.2 Å². The average Bonchev–Trinajstić information content (AvgIpc) is 3.41. The summed E-state index contributed by atoms with van der Waals surface area (Å²) >= 11 is 1.53. The molecular formula is C25H22FN3O3S. The smallest absolute Gasteiger partial charge is 0.275 e. The van der Waals surface area contributed by atoms with Crippen molar-refractivity contribution in [1.82, 2.24) is 9.88 Å². The van der Waals surface area contributed by atoms with E-state index < -0.39 is 11.4 Å². The highest BCUT2D eigenvalue weighted by atomic mass is 32.1. The van der Waals surface area contributed by atoms with Crippen LogP contribution in [0.2, 0.25) is 0 Å². The number of para-hydroxylation sites is 1. The van der Waals surface area contributed by atoms with Crippen LogP contribution in [0.4, 0.5) is 10.1 Å². The Morgan fingerprint density at radius 1 is 1.18 bits per heavy atom. The zero-order valence-corrected chi connectivity index (χ0v) is 19.0. The van der Waals surface area contributed by atoms with E-state index in [-0.39, 0.29) is 24.9 Å². The maximum atomic E-state index is 13.7. The Morgan fingerprint density at radius 3 is 2.70 bits per heavy atom. The average molecular weight is 464 g/mol. The van der Waals surface area contributed by atoms with Crippen LogP contribution in [0, 0.1) is 5.82 Å². The topological polar surface area (TPSA) is 63.6 Å². The minimum atomic E-state index is -1.24. The van der Waals surface area contributed by atoms with Crippen LogP contribution in [-0.2, 0) is 17.9 Å². The Bertz CT molecular complexity index is 1360. The van der Waals surface area contributed by atoms with E-state index in [0.717, 1.165) is 15.8 Å². The lowest BCUT2D eigenvalue weighted by atomic mass is 9.93. The van der Waals surface area contributed by atoms with Crippen molar-refractivity contribution in [3.63, 3.8) is 0 Å². The molecule has 0 saturated carbocycles. The van der Waals surface area contributed by atoms with Crippen molar-refractivity contribution in [3.05, 3.63) is 83.1 Å². The van der Waals surface area contributed by atoms with E-state index in [9.17, 15) is 14.0 Å². The molecule has 1 aliphatic rings. The van der Waals surface area contributed by atoms with E-state index in [1.54, 1.807) is 14.0 Å². The summed E-state index contributed by atoms with van der Waals surface area (Å²) in [6, 6.07) is 16.9. The third-order valence-electron chi connectivity index (χ3n) is 6.09. The van der Waals surface area contributed by atoms with Crippen LogP contribution in [0.5, 0.6) is 5.75 Å². The van der Waals surface area contributed by atoms with Crippen LogP contribution in [0.15, 0.2) is 66.0 Å². The summed E-state index contributed by atoms with van der Waals surface area (Å²) in [5.41, 5.74) is 0.568. The van der Waals surface area contributed by atoms with Gasteiger partial charge in [-0.05, 0) is 54.8 Å². The molecule has 0 saturated heterocycles. The van der Waals surface area contributed by atoms with Gasteiger partial charge in [0.25, 0.3) is 5.91 Å². The van der Waals surface area contributed by atoms with E-state index in [0.29, 0.717) is 17.1 Å². The van der Waals surface area contributed by atoms with Gasteiger partial charge >= 0.3 is 0 Å². The second-order valence-electron chi connectivity index (χ2n) is 8.18. The van der Waals surface area contributed by atoms with Gasteiger partial charge in [-0.1, -0.05) is 18.2 Å². The minimum Gasteiger partial charge on any atom is -0.496 e. The molecule has 33 heavy (non-hydrogen) atoms. The molecular weight excluding hydrogens is 441 g/mol. The Hall–Kier alpha value is -3.65. The number of ether oxygens (including phenoxy) is 1.